The van der Waals surface area contributed by atoms with Gasteiger partial charge < -0.3 is 9.80 Å². The van der Waals surface area contributed by atoms with Crippen molar-refractivity contribution in [3.8, 4) is 55.6 Å². The van der Waals surface area contributed by atoms with Crippen LogP contribution in [0.1, 0.15) is 0 Å². The van der Waals surface area contributed by atoms with Crippen LogP contribution >= 0.6 is 0 Å². The Morgan fingerprint density at radius 3 is 0.645 bits per heavy atom. The highest BCUT2D eigenvalue weighted by molar-refractivity contribution is 5.86. The van der Waals surface area contributed by atoms with Crippen molar-refractivity contribution in [2.45, 2.75) is 0 Å². The van der Waals surface area contributed by atoms with E-state index in [0.29, 0.717) is 0 Å². The topological polar surface area (TPSA) is 6.48 Å². The van der Waals surface area contributed by atoms with E-state index in [1.165, 1.54) is 44.5 Å². The Bertz CT molecular complexity index is 2850. The molecule has 2 heteroatoms. The summed E-state index contributed by atoms with van der Waals surface area (Å²) < 4.78 is 0. The van der Waals surface area contributed by atoms with Gasteiger partial charge in [0.15, 0.2) is 0 Å². The van der Waals surface area contributed by atoms with Crippen LogP contribution in [0.5, 0.6) is 0 Å². The van der Waals surface area contributed by atoms with Crippen molar-refractivity contribution >= 4 is 34.1 Å². The fourth-order valence-corrected chi connectivity index (χ4v) is 8.28. The highest BCUT2D eigenvalue weighted by Gasteiger charge is 2.17. The van der Waals surface area contributed by atoms with E-state index in [-0.39, 0.29) is 0 Å². The first-order valence-electron chi connectivity index (χ1n) is 21.2. The fraction of sp³-hybridized carbons (Fsp3) is 0. The molecule has 0 fully saturated rings. The maximum Gasteiger partial charge on any atom is 0.0473 e. The summed E-state index contributed by atoms with van der Waals surface area (Å²) >= 11 is 0. The van der Waals surface area contributed by atoms with E-state index in [9.17, 15) is 0 Å². The van der Waals surface area contributed by atoms with E-state index in [2.05, 4.69) is 277 Å². The van der Waals surface area contributed by atoms with Crippen molar-refractivity contribution in [3.05, 3.63) is 267 Å². The Balaban J connectivity index is 0.990. The zero-order valence-corrected chi connectivity index (χ0v) is 34.3. The molecule has 0 heterocycles. The van der Waals surface area contributed by atoms with E-state index >= 15 is 0 Å². The van der Waals surface area contributed by atoms with Crippen LogP contribution in [0.25, 0.3) is 55.6 Å². The Labute approximate surface area is 364 Å². The van der Waals surface area contributed by atoms with Gasteiger partial charge in [-0.25, -0.2) is 0 Å². The molecule has 0 unspecified atom stereocenters. The molecule has 0 bridgehead atoms. The highest BCUT2D eigenvalue weighted by atomic mass is 15.1. The molecule has 10 rings (SSSR count). The van der Waals surface area contributed by atoms with Gasteiger partial charge in [0.1, 0.15) is 0 Å². The van der Waals surface area contributed by atoms with Crippen LogP contribution in [0.4, 0.5) is 34.1 Å². The molecule has 0 saturated heterocycles. The Hall–Kier alpha value is -8.20. The van der Waals surface area contributed by atoms with Crippen LogP contribution in [0.2, 0.25) is 0 Å². The minimum Gasteiger partial charge on any atom is -0.311 e. The number of anilines is 6. The van der Waals surface area contributed by atoms with Crippen molar-refractivity contribution in [2.75, 3.05) is 9.80 Å². The minimum absolute atomic E-state index is 1.09. The van der Waals surface area contributed by atoms with Crippen LogP contribution in [-0.2, 0) is 0 Å². The molecule has 0 aliphatic heterocycles. The predicted octanol–water partition coefficient (Wildman–Crippen LogP) is 17.0. The van der Waals surface area contributed by atoms with Gasteiger partial charge in [0.2, 0.25) is 0 Å². The van der Waals surface area contributed by atoms with Gasteiger partial charge in [-0.2, -0.15) is 0 Å². The molecule has 0 radical (unpaired) electrons. The Morgan fingerprint density at radius 2 is 0.355 bits per heavy atom. The average molecular weight is 793 g/mol. The molecule has 0 N–H and O–H groups in total. The van der Waals surface area contributed by atoms with E-state index in [1.54, 1.807) is 0 Å². The van der Waals surface area contributed by atoms with Crippen LogP contribution in [0, 0.1) is 0 Å². The zero-order chi connectivity index (χ0) is 41.5. The second-order valence-corrected chi connectivity index (χ2v) is 15.4. The van der Waals surface area contributed by atoms with Crippen LogP contribution < -0.4 is 9.80 Å². The number of rotatable bonds is 11. The van der Waals surface area contributed by atoms with Gasteiger partial charge in [-0.1, -0.05) is 188 Å². The van der Waals surface area contributed by atoms with Gasteiger partial charge in [0.25, 0.3) is 0 Å². The molecule has 0 atom stereocenters. The van der Waals surface area contributed by atoms with Gasteiger partial charge in [-0.15, -0.1) is 0 Å². The van der Waals surface area contributed by atoms with Gasteiger partial charge in [-0.3, -0.25) is 0 Å². The number of hydrogen-bond acceptors (Lipinski definition) is 2. The predicted molar refractivity (Wildman–Crippen MR) is 263 cm³/mol. The summed E-state index contributed by atoms with van der Waals surface area (Å²) in [5.41, 5.74) is 18.4. The summed E-state index contributed by atoms with van der Waals surface area (Å²) in [4.78, 5) is 4.69. The van der Waals surface area contributed by atoms with Gasteiger partial charge in [0.05, 0.1) is 0 Å². The third kappa shape index (κ3) is 8.18. The van der Waals surface area contributed by atoms with Gasteiger partial charge in [0, 0.05) is 34.1 Å². The molecule has 0 aliphatic rings. The first-order chi connectivity index (χ1) is 30.7. The fourth-order valence-electron chi connectivity index (χ4n) is 8.28. The van der Waals surface area contributed by atoms with Crippen molar-refractivity contribution in [1.82, 2.24) is 0 Å². The van der Waals surface area contributed by atoms with E-state index in [0.717, 1.165) is 45.3 Å². The number of nitrogens with zero attached hydrogens (tertiary/aromatic N) is 2. The number of benzene rings is 10. The molecule has 294 valence electrons. The molecule has 0 amide bonds. The quantitative estimate of drug-likeness (QED) is 0.129. The minimum atomic E-state index is 1.09. The summed E-state index contributed by atoms with van der Waals surface area (Å²) in [7, 11) is 0. The molecule has 62 heavy (non-hydrogen) atoms. The number of para-hydroxylation sites is 1. The lowest BCUT2D eigenvalue weighted by atomic mass is 9.97. The zero-order valence-electron chi connectivity index (χ0n) is 34.3. The molecule has 0 aromatic heterocycles. The molecule has 0 aliphatic carbocycles. The van der Waals surface area contributed by atoms with Crippen LogP contribution in [0.3, 0.4) is 0 Å². The smallest absolute Gasteiger partial charge is 0.0473 e. The number of hydrogen-bond donors (Lipinski definition) is 0. The monoisotopic (exact) mass is 792 g/mol. The lowest BCUT2D eigenvalue weighted by molar-refractivity contribution is 1.28. The third-order valence-electron chi connectivity index (χ3n) is 11.5. The maximum absolute atomic E-state index is 2.36. The third-order valence-corrected chi connectivity index (χ3v) is 11.5. The summed E-state index contributed by atoms with van der Waals surface area (Å²) in [6.07, 6.45) is 0. The molecule has 10 aromatic carbocycles. The average Bonchev–Trinajstić information content (AvgIpc) is 3.36. The summed E-state index contributed by atoms with van der Waals surface area (Å²) in [6.45, 7) is 0. The second-order valence-electron chi connectivity index (χ2n) is 15.4. The summed E-state index contributed by atoms with van der Waals surface area (Å²) in [6, 6.07) is 95.6. The standard InChI is InChI=1S/C60H44N2/c1-6-16-45(17-7-1)49-26-34-56(35-27-49)61(57-36-28-50(29-37-57)46-18-8-2-9-19-46)58-38-30-51(31-39-58)52-32-40-59(41-33-52)62(55-24-14-5-15-25-55)60-43-53(47-20-10-3-11-21-47)42-54(44-60)48-22-12-4-13-23-48/h1-44H. The van der Waals surface area contributed by atoms with Crippen molar-refractivity contribution in [2.24, 2.45) is 0 Å². The summed E-state index contributed by atoms with van der Waals surface area (Å²) in [5.74, 6) is 0. The molecule has 2 nitrogen and oxygen atoms in total. The maximum atomic E-state index is 2.36. The lowest BCUT2D eigenvalue weighted by Gasteiger charge is -2.27. The van der Waals surface area contributed by atoms with E-state index in [1.807, 2.05) is 0 Å². The van der Waals surface area contributed by atoms with Gasteiger partial charge in [-0.05, 0) is 134 Å². The molecular weight excluding hydrogens is 749 g/mol. The van der Waals surface area contributed by atoms with Crippen LogP contribution in [0.15, 0.2) is 267 Å². The SMILES string of the molecule is c1ccc(-c2ccc(N(c3ccc(-c4ccccc4)cc3)c3ccc(-c4ccc(N(c5ccccc5)c5cc(-c6ccccc6)cc(-c6ccccc6)c5)cc4)cc3)cc2)cc1. The largest absolute Gasteiger partial charge is 0.311 e. The molecule has 0 saturated carbocycles. The Kier molecular flexibility index (Phi) is 10.8. The Morgan fingerprint density at radius 1 is 0.145 bits per heavy atom. The van der Waals surface area contributed by atoms with E-state index < -0.39 is 0 Å². The van der Waals surface area contributed by atoms with Crippen molar-refractivity contribution in [3.63, 3.8) is 0 Å². The van der Waals surface area contributed by atoms with Crippen molar-refractivity contribution in [1.29, 1.82) is 0 Å². The highest BCUT2D eigenvalue weighted by Crippen LogP contribution is 2.41. The molecule has 10 aromatic rings. The van der Waals surface area contributed by atoms with Crippen LogP contribution in [-0.4, -0.2) is 0 Å². The molecular formula is C60H44N2. The van der Waals surface area contributed by atoms with Crippen molar-refractivity contribution < 1.29 is 0 Å². The van der Waals surface area contributed by atoms with E-state index in [4.69, 9.17) is 0 Å². The summed E-state index contributed by atoms with van der Waals surface area (Å²) in [5, 5.41) is 0. The second kappa shape index (κ2) is 17.6. The molecule has 0 spiro atoms. The lowest BCUT2D eigenvalue weighted by Crippen LogP contribution is -2.10. The first kappa shape index (κ1) is 38.0. The van der Waals surface area contributed by atoms with Gasteiger partial charge >= 0.3 is 0 Å². The first-order valence-corrected chi connectivity index (χ1v) is 21.2. The normalized spacial score (nSPS) is 10.9.